The van der Waals surface area contributed by atoms with Crippen LogP contribution in [0.1, 0.15) is 31.7 Å². The maximum absolute atomic E-state index is 12.9. The van der Waals surface area contributed by atoms with Crippen molar-refractivity contribution in [2.24, 2.45) is 5.41 Å². The van der Waals surface area contributed by atoms with Crippen LogP contribution in [-0.4, -0.2) is 36.3 Å². The molecular formula is C18H21FN2O2. The van der Waals surface area contributed by atoms with Crippen molar-refractivity contribution in [3.05, 3.63) is 41.2 Å². The molecule has 0 saturated carbocycles. The van der Waals surface area contributed by atoms with Crippen molar-refractivity contribution in [2.45, 2.75) is 26.2 Å². The first-order chi connectivity index (χ1) is 11.0. The van der Waals surface area contributed by atoms with Crippen molar-refractivity contribution < 1.29 is 14.0 Å². The average Bonchev–Trinajstić information content (AvgIpc) is 2.89. The highest BCUT2D eigenvalue weighted by atomic mass is 19.1. The summed E-state index contributed by atoms with van der Waals surface area (Å²) in [6.07, 6.45) is 4.19. The molecule has 0 aromatic heterocycles. The first-order valence-electron chi connectivity index (χ1n) is 7.97. The normalized spacial score (nSPS) is 24.9. The zero-order valence-electron chi connectivity index (χ0n) is 13.3. The number of piperidine rings is 1. The Kier molecular flexibility index (Phi) is 4.20. The van der Waals surface area contributed by atoms with Crippen LogP contribution in [0.2, 0.25) is 0 Å². The molecular weight excluding hydrogens is 295 g/mol. The van der Waals surface area contributed by atoms with Crippen LogP contribution in [-0.2, 0) is 9.59 Å². The Bertz CT molecular complexity index is 653. The van der Waals surface area contributed by atoms with Gasteiger partial charge in [-0.25, -0.2) is 4.39 Å². The monoisotopic (exact) mass is 316 g/mol. The smallest absolute Gasteiger partial charge is 0.249 e. The van der Waals surface area contributed by atoms with Crippen LogP contribution < -0.4 is 5.32 Å². The first-order valence-corrected chi connectivity index (χ1v) is 7.97. The number of carbonyl (C=O) groups is 2. The number of benzene rings is 1. The first kappa shape index (κ1) is 15.7. The maximum atomic E-state index is 12.9. The van der Waals surface area contributed by atoms with Crippen LogP contribution >= 0.6 is 0 Å². The van der Waals surface area contributed by atoms with Crippen molar-refractivity contribution in [2.75, 3.05) is 19.6 Å². The molecule has 4 nitrogen and oxygen atoms in total. The lowest BCUT2D eigenvalue weighted by Gasteiger charge is -2.39. The summed E-state index contributed by atoms with van der Waals surface area (Å²) in [5.74, 6) is -0.215. The third kappa shape index (κ3) is 3.44. The minimum absolute atomic E-state index is 0.00671. The van der Waals surface area contributed by atoms with Gasteiger partial charge >= 0.3 is 0 Å². The van der Waals surface area contributed by atoms with E-state index in [0.29, 0.717) is 25.1 Å². The zero-order valence-corrected chi connectivity index (χ0v) is 13.3. The van der Waals surface area contributed by atoms with Crippen molar-refractivity contribution >= 4 is 17.9 Å². The molecule has 1 N–H and O–H groups in total. The molecule has 1 atom stereocenters. The SMILES string of the molecule is C/C(=C\c1ccc(F)cc1)C(=O)N1CCCC2(CNC(=O)C2)C1. The number of likely N-dealkylation sites (tertiary alicyclic amines) is 1. The second-order valence-electron chi connectivity index (χ2n) is 6.66. The van der Waals surface area contributed by atoms with Gasteiger partial charge in [0.2, 0.25) is 11.8 Å². The Morgan fingerprint density at radius 3 is 2.74 bits per heavy atom. The molecule has 122 valence electrons. The molecule has 1 unspecified atom stereocenters. The molecule has 2 amide bonds. The van der Waals surface area contributed by atoms with E-state index < -0.39 is 0 Å². The lowest BCUT2D eigenvalue weighted by atomic mass is 9.79. The predicted molar refractivity (Wildman–Crippen MR) is 85.9 cm³/mol. The number of nitrogens with one attached hydrogen (secondary N) is 1. The Morgan fingerprint density at radius 1 is 1.35 bits per heavy atom. The molecule has 2 saturated heterocycles. The van der Waals surface area contributed by atoms with Gasteiger partial charge in [0.05, 0.1) is 0 Å². The quantitative estimate of drug-likeness (QED) is 0.852. The summed E-state index contributed by atoms with van der Waals surface area (Å²) >= 11 is 0. The van der Waals surface area contributed by atoms with Crippen LogP contribution in [0.5, 0.6) is 0 Å². The summed E-state index contributed by atoms with van der Waals surface area (Å²) in [5.41, 5.74) is 1.34. The molecule has 2 aliphatic rings. The van der Waals surface area contributed by atoms with E-state index >= 15 is 0 Å². The van der Waals surface area contributed by atoms with Crippen molar-refractivity contribution in [1.29, 1.82) is 0 Å². The largest absolute Gasteiger partial charge is 0.355 e. The van der Waals surface area contributed by atoms with Gasteiger partial charge in [-0.15, -0.1) is 0 Å². The number of carbonyl (C=O) groups excluding carboxylic acids is 2. The third-order valence-corrected chi connectivity index (χ3v) is 4.74. The number of rotatable bonds is 2. The summed E-state index contributed by atoms with van der Waals surface area (Å²) < 4.78 is 12.9. The van der Waals surface area contributed by atoms with E-state index in [2.05, 4.69) is 5.32 Å². The Hall–Kier alpha value is -2.17. The van der Waals surface area contributed by atoms with Crippen molar-refractivity contribution in [3.63, 3.8) is 0 Å². The molecule has 23 heavy (non-hydrogen) atoms. The van der Waals surface area contributed by atoms with Gasteiger partial charge in [0.1, 0.15) is 5.82 Å². The fourth-order valence-corrected chi connectivity index (χ4v) is 3.54. The minimum atomic E-state index is -0.289. The Labute approximate surface area is 135 Å². The zero-order chi connectivity index (χ0) is 16.4. The fourth-order valence-electron chi connectivity index (χ4n) is 3.54. The van der Waals surface area contributed by atoms with E-state index in [0.717, 1.165) is 24.9 Å². The van der Waals surface area contributed by atoms with Crippen molar-refractivity contribution in [1.82, 2.24) is 10.2 Å². The molecule has 1 aromatic carbocycles. The average molecular weight is 316 g/mol. The molecule has 0 radical (unpaired) electrons. The molecule has 2 fully saturated rings. The number of halogens is 1. The summed E-state index contributed by atoms with van der Waals surface area (Å²) in [4.78, 5) is 26.1. The second-order valence-corrected chi connectivity index (χ2v) is 6.66. The van der Waals surface area contributed by atoms with E-state index in [1.807, 2.05) is 4.90 Å². The van der Waals surface area contributed by atoms with Gasteiger partial charge in [0.25, 0.3) is 0 Å². The van der Waals surface area contributed by atoms with Crippen LogP contribution in [0.3, 0.4) is 0 Å². The standard InChI is InChI=1S/C18H21FN2O2/c1-13(9-14-3-5-15(19)6-4-14)17(23)21-8-2-7-18(12-21)10-16(22)20-11-18/h3-6,9H,2,7-8,10-12H2,1H3,(H,20,22)/b13-9+. The highest BCUT2D eigenvalue weighted by Gasteiger charge is 2.42. The highest BCUT2D eigenvalue weighted by molar-refractivity contribution is 5.97. The van der Waals surface area contributed by atoms with Gasteiger partial charge in [-0.2, -0.15) is 0 Å². The van der Waals surface area contributed by atoms with Crippen molar-refractivity contribution in [3.8, 4) is 0 Å². The number of nitrogens with zero attached hydrogens (tertiary/aromatic N) is 1. The predicted octanol–water partition coefficient (Wildman–Crippen LogP) is 2.36. The lowest BCUT2D eigenvalue weighted by Crippen LogP contribution is -2.47. The van der Waals surface area contributed by atoms with Gasteiger partial charge in [0.15, 0.2) is 0 Å². The lowest BCUT2D eigenvalue weighted by molar-refractivity contribution is -0.131. The molecule has 3 rings (SSSR count). The Balaban J connectivity index is 1.71. The molecule has 1 aromatic rings. The van der Waals surface area contributed by atoms with Gasteiger partial charge in [-0.05, 0) is 43.5 Å². The maximum Gasteiger partial charge on any atom is 0.249 e. The molecule has 2 aliphatic heterocycles. The number of hydrogen-bond donors (Lipinski definition) is 1. The van der Waals surface area contributed by atoms with E-state index in [4.69, 9.17) is 0 Å². The van der Waals surface area contributed by atoms with Gasteiger partial charge in [0, 0.05) is 37.0 Å². The van der Waals surface area contributed by atoms with E-state index in [1.54, 1.807) is 25.1 Å². The molecule has 1 spiro atoms. The summed E-state index contributed by atoms with van der Waals surface area (Å²) in [6, 6.07) is 6.08. The molecule has 0 aliphatic carbocycles. The molecule has 2 heterocycles. The Morgan fingerprint density at radius 2 is 2.09 bits per heavy atom. The summed E-state index contributed by atoms with van der Waals surface area (Å²) in [7, 11) is 0. The summed E-state index contributed by atoms with van der Waals surface area (Å²) in [5, 5.41) is 2.89. The van der Waals surface area contributed by atoms with Crippen LogP contribution in [0.25, 0.3) is 6.08 Å². The minimum Gasteiger partial charge on any atom is -0.355 e. The van der Waals surface area contributed by atoms with E-state index in [-0.39, 0.29) is 23.0 Å². The van der Waals surface area contributed by atoms with Crippen LogP contribution in [0.4, 0.5) is 4.39 Å². The molecule has 0 bridgehead atoms. The molecule has 5 heteroatoms. The highest BCUT2D eigenvalue weighted by Crippen LogP contribution is 2.36. The van der Waals surface area contributed by atoms with Crippen LogP contribution in [0.15, 0.2) is 29.8 Å². The van der Waals surface area contributed by atoms with Crippen LogP contribution in [0, 0.1) is 11.2 Å². The third-order valence-electron chi connectivity index (χ3n) is 4.74. The van der Waals surface area contributed by atoms with E-state index in [1.165, 1.54) is 12.1 Å². The number of amides is 2. The number of hydrogen-bond acceptors (Lipinski definition) is 2. The second kappa shape index (κ2) is 6.14. The van der Waals surface area contributed by atoms with Gasteiger partial charge in [-0.1, -0.05) is 12.1 Å². The topological polar surface area (TPSA) is 49.4 Å². The van der Waals surface area contributed by atoms with Gasteiger partial charge in [-0.3, -0.25) is 9.59 Å². The van der Waals surface area contributed by atoms with Gasteiger partial charge < -0.3 is 10.2 Å². The fraction of sp³-hybridized carbons (Fsp3) is 0.444. The van der Waals surface area contributed by atoms with E-state index in [9.17, 15) is 14.0 Å². The summed E-state index contributed by atoms with van der Waals surface area (Å²) in [6.45, 7) is 3.80.